The number of rotatable bonds is 7. The van der Waals surface area contributed by atoms with Crippen LogP contribution in [0.3, 0.4) is 0 Å². The zero-order valence-corrected chi connectivity index (χ0v) is 14.7. The summed E-state index contributed by atoms with van der Waals surface area (Å²) >= 11 is 0. The molecule has 0 aliphatic rings. The molecular formula is C19H32N2. The van der Waals surface area contributed by atoms with E-state index in [0.29, 0.717) is 5.92 Å². The summed E-state index contributed by atoms with van der Waals surface area (Å²) in [4.78, 5) is 2.29. The van der Waals surface area contributed by atoms with Crippen molar-refractivity contribution in [3.63, 3.8) is 0 Å². The zero-order valence-electron chi connectivity index (χ0n) is 14.7. The summed E-state index contributed by atoms with van der Waals surface area (Å²) in [5.74, 6) is 0.534. The number of benzene rings is 1. The van der Waals surface area contributed by atoms with E-state index < -0.39 is 0 Å². The second-order valence-corrected chi connectivity index (χ2v) is 7.40. The average Bonchev–Trinajstić information content (AvgIpc) is 2.35. The lowest BCUT2D eigenvalue weighted by atomic mass is 9.98. The van der Waals surface area contributed by atoms with E-state index in [-0.39, 0.29) is 5.54 Å². The van der Waals surface area contributed by atoms with Gasteiger partial charge in [0.2, 0.25) is 0 Å². The van der Waals surface area contributed by atoms with Gasteiger partial charge in [-0.3, -0.25) is 4.90 Å². The minimum Gasteiger partial charge on any atom is -0.311 e. The second-order valence-electron chi connectivity index (χ2n) is 7.40. The molecule has 1 unspecified atom stereocenters. The third kappa shape index (κ3) is 7.45. The lowest BCUT2D eigenvalue weighted by Gasteiger charge is -2.24. The van der Waals surface area contributed by atoms with Crippen LogP contribution in [0.1, 0.15) is 51.7 Å². The van der Waals surface area contributed by atoms with Crippen LogP contribution in [0.2, 0.25) is 0 Å². The third-order valence-corrected chi connectivity index (χ3v) is 3.48. The number of hydrogen-bond donors (Lipinski definition) is 1. The lowest BCUT2D eigenvalue weighted by Crippen LogP contribution is -2.38. The van der Waals surface area contributed by atoms with E-state index in [0.717, 1.165) is 19.6 Å². The molecule has 0 heterocycles. The van der Waals surface area contributed by atoms with Crippen LogP contribution >= 0.6 is 0 Å². The Morgan fingerprint density at radius 1 is 1.24 bits per heavy atom. The molecule has 0 radical (unpaired) electrons. The zero-order chi connectivity index (χ0) is 16.0. The number of nitrogens with one attached hydrogen (secondary N) is 1. The average molecular weight is 288 g/mol. The Balaban J connectivity index is 2.55. The van der Waals surface area contributed by atoms with Gasteiger partial charge in [-0.1, -0.05) is 43.3 Å². The van der Waals surface area contributed by atoms with Gasteiger partial charge in [0.25, 0.3) is 0 Å². The highest BCUT2D eigenvalue weighted by Gasteiger charge is 2.12. The van der Waals surface area contributed by atoms with E-state index in [1.165, 1.54) is 16.7 Å². The van der Waals surface area contributed by atoms with Crippen molar-refractivity contribution < 1.29 is 0 Å². The van der Waals surface area contributed by atoms with Gasteiger partial charge in [0, 0.05) is 25.2 Å². The van der Waals surface area contributed by atoms with Gasteiger partial charge in [0.05, 0.1) is 0 Å². The van der Waals surface area contributed by atoms with Crippen molar-refractivity contribution >= 4 is 0 Å². The minimum atomic E-state index is 0.180. The van der Waals surface area contributed by atoms with Gasteiger partial charge in [-0.2, -0.15) is 0 Å². The smallest absolute Gasteiger partial charge is 0.0234 e. The van der Waals surface area contributed by atoms with Crippen LogP contribution in [0.15, 0.2) is 36.4 Å². The molecule has 0 amide bonds. The number of nitrogens with zero attached hydrogens (tertiary/aromatic N) is 1. The molecular weight excluding hydrogens is 256 g/mol. The van der Waals surface area contributed by atoms with Gasteiger partial charge in [-0.25, -0.2) is 0 Å². The highest BCUT2D eigenvalue weighted by molar-refractivity contribution is 5.25. The van der Waals surface area contributed by atoms with Crippen LogP contribution in [0, 0.1) is 0 Å². The fraction of sp³-hybridized carbons (Fsp3) is 0.579. The summed E-state index contributed by atoms with van der Waals surface area (Å²) in [6, 6.07) is 9.02. The lowest BCUT2D eigenvalue weighted by molar-refractivity contribution is 0.355. The van der Waals surface area contributed by atoms with Gasteiger partial charge in [-0.05, 0) is 51.8 Å². The Morgan fingerprint density at radius 2 is 1.81 bits per heavy atom. The Morgan fingerprint density at radius 3 is 2.29 bits per heavy atom. The van der Waals surface area contributed by atoms with E-state index in [9.17, 15) is 0 Å². The van der Waals surface area contributed by atoms with Gasteiger partial charge in [0.15, 0.2) is 0 Å². The molecule has 2 nitrogen and oxygen atoms in total. The maximum Gasteiger partial charge on any atom is 0.0234 e. The Bertz CT molecular complexity index is 440. The molecule has 1 aromatic carbocycles. The molecule has 21 heavy (non-hydrogen) atoms. The first-order valence-corrected chi connectivity index (χ1v) is 7.84. The van der Waals surface area contributed by atoms with Crippen molar-refractivity contribution in [1.82, 2.24) is 10.2 Å². The van der Waals surface area contributed by atoms with Gasteiger partial charge in [0.1, 0.15) is 0 Å². The van der Waals surface area contributed by atoms with Gasteiger partial charge >= 0.3 is 0 Å². The molecule has 1 rings (SSSR count). The summed E-state index contributed by atoms with van der Waals surface area (Å²) in [6.07, 6.45) is 0. The van der Waals surface area contributed by atoms with Crippen LogP contribution in [-0.4, -0.2) is 30.6 Å². The molecule has 0 aromatic heterocycles. The topological polar surface area (TPSA) is 15.3 Å². The molecule has 1 atom stereocenters. The maximum absolute atomic E-state index is 3.97. The monoisotopic (exact) mass is 288 g/mol. The summed E-state index contributed by atoms with van der Waals surface area (Å²) in [6.45, 7) is 17.9. The fourth-order valence-electron chi connectivity index (χ4n) is 2.36. The normalized spacial score (nSPS) is 13.5. The first-order chi connectivity index (χ1) is 9.67. The molecule has 0 aliphatic heterocycles. The summed E-state index contributed by atoms with van der Waals surface area (Å²) in [5, 5.41) is 3.57. The quantitative estimate of drug-likeness (QED) is 0.757. The van der Waals surface area contributed by atoms with Gasteiger partial charge in [-0.15, -0.1) is 0 Å². The van der Waals surface area contributed by atoms with Crippen molar-refractivity contribution in [2.45, 2.75) is 52.6 Å². The number of likely N-dealkylation sites (N-methyl/N-ethyl adjacent to an activating group) is 1. The van der Waals surface area contributed by atoms with Crippen molar-refractivity contribution in [2.75, 3.05) is 20.1 Å². The Hall–Kier alpha value is -1.12. The molecule has 118 valence electrons. The molecule has 2 heteroatoms. The highest BCUT2D eigenvalue weighted by Crippen LogP contribution is 2.17. The van der Waals surface area contributed by atoms with Crippen LogP contribution < -0.4 is 5.32 Å². The minimum absolute atomic E-state index is 0.180. The summed E-state index contributed by atoms with van der Waals surface area (Å²) in [5.41, 5.74) is 4.15. The standard InChI is InChI=1S/C19H32N2/c1-15(2)13-21(7)14-17-8-10-18(11-9-17)16(3)12-20-19(4,5)6/h8-11,16,20H,1,12-14H2,2-7H3. The molecule has 0 fully saturated rings. The predicted molar refractivity (Wildman–Crippen MR) is 93.8 cm³/mol. The van der Waals surface area contributed by atoms with Crippen molar-refractivity contribution in [3.8, 4) is 0 Å². The van der Waals surface area contributed by atoms with Crippen LogP contribution in [-0.2, 0) is 6.54 Å². The molecule has 0 bridgehead atoms. The molecule has 0 spiro atoms. The Labute approximate surface area is 131 Å². The van der Waals surface area contributed by atoms with E-state index in [4.69, 9.17) is 0 Å². The van der Waals surface area contributed by atoms with Crippen LogP contribution in [0.5, 0.6) is 0 Å². The first kappa shape index (κ1) is 17.9. The Kier molecular flexibility index (Phi) is 6.63. The number of hydrogen-bond acceptors (Lipinski definition) is 2. The summed E-state index contributed by atoms with van der Waals surface area (Å²) in [7, 11) is 2.14. The van der Waals surface area contributed by atoms with E-state index in [1.807, 2.05) is 0 Å². The molecule has 1 aromatic rings. The second kappa shape index (κ2) is 7.77. The van der Waals surface area contributed by atoms with Crippen molar-refractivity contribution in [2.24, 2.45) is 0 Å². The molecule has 0 saturated heterocycles. The predicted octanol–water partition coefficient (Wildman–Crippen LogP) is 4.19. The molecule has 0 aliphatic carbocycles. The van der Waals surface area contributed by atoms with Crippen molar-refractivity contribution in [3.05, 3.63) is 47.5 Å². The van der Waals surface area contributed by atoms with E-state index in [2.05, 4.69) is 82.7 Å². The molecule has 0 saturated carbocycles. The summed E-state index contributed by atoms with van der Waals surface area (Å²) < 4.78 is 0. The third-order valence-electron chi connectivity index (χ3n) is 3.48. The first-order valence-electron chi connectivity index (χ1n) is 7.84. The van der Waals surface area contributed by atoms with E-state index >= 15 is 0 Å². The van der Waals surface area contributed by atoms with Crippen LogP contribution in [0.4, 0.5) is 0 Å². The van der Waals surface area contributed by atoms with Crippen molar-refractivity contribution in [1.29, 1.82) is 0 Å². The van der Waals surface area contributed by atoms with Crippen LogP contribution in [0.25, 0.3) is 0 Å². The maximum atomic E-state index is 3.97. The van der Waals surface area contributed by atoms with Gasteiger partial charge < -0.3 is 5.32 Å². The fourth-order valence-corrected chi connectivity index (χ4v) is 2.36. The molecule has 1 N–H and O–H groups in total. The van der Waals surface area contributed by atoms with E-state index in [1.54, 1.807) is 0 Å². The largest absolute Gasteiger partial charge is 0.311 e. The SMILES string of the molecule is C=C(C)CN(C)Cc1ccc(C(C)CNC(C)(C)C)cc1. The highest BCUT2D eigenvalue weighted by atomic mass is 15.1.